The Morgan fingerprint density at radius 2 is 1.62 bits per heavy atom. The normalized spacial score (nSPS) is 13.4. The van der Waals surface area contributed by atoms with Crippen molar-refractivity contribution in [2.75, 3.05) is 12.3 Å². The lowest BCUT2D eigenvalue weighted by atomic mass is 10.2. The molecule has 2 rings (SSSR count). The Kier molecular flexibility index (Phi) is 10.3. The predicted molar refractivity (Wildman–Crippen MR) is 117 cm³/mol. The number of aliphatic hydroxyl groups is 1. The van der Waals surface area contributed by atoms with Gasteiger partial charge in [0.2, 0.25) is 5.91 Å². The number of carbonyl (C=O) groups excluding carboxylic acids is 2. The zero-order valence-corrected chi connectivity index (χ0v) is 18.1. The van der Waals surface area contributed by atoms with E-state index in [4.69, 9.17) is 4.74 Å². The molecule has 0 fully saturated rings. The highest BCUT2D eigenvalue weighted by molar-refractivity contribution is 7.85. The maximum atomic E-state index is 12.2. The summed E-state index contributed by atoms with van der Waals surface area (Å²) < 4.78 is 17.2. The molecule has 9 nitrogen and oxygen atoms in total. The van der Waals surface area contributed by atoms with E-state index in [2.05, 4.69) is 10.6 Å². The van der Waals surface area contributed by atoms with Crippen molar-refractivity contribution in [1.82, 2.24) is 10.6 Å². The van der Waals surface area contributed by atoms with Crippen molar-refractivity contribution < 1.29 is 33.5 Å². The van der Waals surface area contributed by atoms with Gasteiger partial charge in [0.1, 0.15) is 12.6 Å². The second kappa shape index (κ2) is 13.2. The second-order valence-electron chi connectivity index (χ2n) is 6.91. The van der Waals surface area contributed by atoms with Crippen LogP contribution in [0.5, 0.6) is 0 Å². The number of amides is 2. The number of carboxylic acids is 1. The molecule has 10 heteroatoms. The van der Waals surface area contributed by atoms with Crippen LogP contribution in [0.15, 0.2) is 65.6 Å². The quantitative estimate of drug-likeness (QED) is 0.374. The first-order chi connectivity index (χ1) is 15.3. The fraction of sp³-hybridized carbons (Fsp3) is 0.318. The van der Waals surface area contributed by atoms with Gasteiger partial charge in [-0.1, -0.05) is 48.5 Å². The standard InChI is InChI=1S/C22H26N2O7S/c25-17(14-23-22(29)31-15-16-7-3-1-4-8-16)13-20(26)24-19(21(27)28)11-12-32(30)18-9-5-2-6-10-18/h1-10,17,19,25H,11-15H2,(H,23,29)(H,24,26)(H,27,28)/t17-,19+,32+/m0/s1. The molecule has 2 aromatic rings. The number of benzene rings is 2. The maximum absolute atomic E-state index is 12.2. The van der Waals surface area contributed by atoms with Crippen LogP contribution in [0.2, 0.25) is 0 Å². The van der Waals surface area contributed by atoms with Crippen LogP contribution in [0, 0.1) is 0 Å². The van der Waals surface area contributed by atoms with Gasteiger partial charge in [-0.05, 0) is 24.1 Å². The van der Waals surface area contributed by atoms with Crippen molar-refractivity contribution in [3.8, 4) is 0 Å². The summed E-state index contributed by atoms with van der Waals surface area (Å²) in [6.07, 6.45) is -2.43. The van der Waals surface area contributed by atoms with Gasteiger partial charge in [-0.25, -0.2) is 9.59 Å². The first kappa shape index (κ1) is 25.0. The molecule has 0 saturated carbocycles. The first-order valence-corrected chi connectivity index (χ1v) is 11.2. The fourth-order valence-electron chi connectivity index (χ4n) is 2.69. The Morgan fingerprint density at radius 3 is 2.25 bits per heavy atom. The van der Waals surface area contributed by atoms with Crippen molar-refractivity contribution in [2.45, 2.75) is 36.5 Å². The second-order valence-corrected chi connectivity index (χ2v) is 8.48. The molecule has 0 saturated heterocycles. The van der Waals surface area contributed by atoms with E-state index in [1.807, 2.05) is 18.2 Å². The molecule has 0 aromatic heterocycles. The van der Waals surface area contributed by atoms with Crippen molar-refractivity contribution in [3.05, 3.63) is 66.2 Å². The van der Waals surface area contributed by atoms with E-state index in [-0.39, 0.29) is 25.3 Å². The van der Waals surface area contributed by atoms with Gasteiger partial charge in [-0.2, -0.15) is 0 Å². The summed E-state index contributed by atoms with van der Waals surface area (Å²) >= 11 is 0. The summed E-state index contributed by atoms with van der Waals surface area (Å²) in [7, 11) is -1.40. The first-order valence-electron chi connectivity index (χ1n) is 9.93. The van der Waals surface area contributed by atoms with Crippen LogP contribution in [-0.2, 0) is 31.7 Å². The van der Waals surface area contributed by atoms with Gasteiger partial charge in [0.05, 0.1) is 23.3 Å². The van der Waals surface area contributed by atoms with E-state index in [0.717, 1.165) is 5.56 Å². The van der Waals surface area contributed by atoms with Crippen LogP contribution in [0.25, 0.3) is 0 Å². The average Bonchev–Trinajstić information content (AvgIpc) is 2.79. The van der Waals surface area contributed by atoms with Gasteiger partial charge in [0.15, 0.2) is 0 Å². The van der Waals surface area contributed by atoms with E-state index < -0.39 is 47.3 Å². The Bertz CT molecular complexity index is 909. The minimum Gasteiger partial charge on any atom is -0.480 e. The molecule has 2 aromatic carbocycles. The largest absolute Gasteiger partial charge is 0.480 e. The predicted octanol–water partition coefficient (Wildman–Crippen LogP) is 1.43. The molecule has 32 heavy (non-hydrogen) atoms. The highest BCUT2D eigenvalue weighted by atomic mass is 32.2. The maximum Gasteiger partial charge on any atom is 0.407 e. The summed E-state index contributed by atoms with van der Waals surface area (Å²) in [5, 5.41) is 23.9. The number of aliphatic carboxylic acids is 1. The van der Waals surface area contributed by atoms with E-state index in [1.54, 1.807) is 42.5 Å². The topological polar surface area (TPSA) is 142 Å². The smallest absolute Gasteiger partial charge is 0.407 e. The number of carboxylic acid groups (broad SMARTS) is 1. The van der Waals surface area contributed by atoms with Crippen LogP contribution in [0.4, 0.5) is 4.79 Å². The van der Waals surface area contributed by atoms with Gasteiger partial charge in [-0.3, -0.25) is 9.00 Å². The molecule has 3 atom stereocenters. The summed E-state index contributed by atoms with van der Waals surface area (Å²) in [5.74, 6) is -1.91. The van der Waals surface area contributed by atoms with Crippen molar-refractivity contribution in [1.29, 1.82) is 0 Å². The van der Waals surface area contributed by atoms with E-state index in [9.17, 15) is 28.8 Å². The van der Waals surface area contributed by atoms with E-state index in [0.29, 0.717) is 4.90 Å². The van der Waals surface area contributed by atoms with Crippen LogP contribution in [0.1, 0.15) is 18.4 Å². The zero-order chi connectivity index (χ0) is 23.3. The molecule has 0 aliphatic carbocycles. The lowest BCUT2D eigenvalue weighted by Gasteiger charge is -2.16. The van der Waals surface area contributed by atoms with Gasteiger partial charge in [0.25, 0.3) is 0 Å². The zero-order valence-electron chi connectivity index (χ0n) is 17.3. The molecular formula is C22H26N2O7S. The minimum absolute atomic E-state index is 0.0390. The molecule has 0 unspecified atom stereocenters. The molecule has 2 amide bonds. The van der Waals surface area contributed by atoms with Gasteiger partial charge in [-0.15, -0.1) is 0 Å². The van der Waals surface area contributed by atoms with Crippen LogP contribution in [0.3, 0.4) is 0 Å². The number of nitrogens with one attached hydrogen (secondary N) is 2. The van der Waals surface area contributed by atoms with Crippen molar-refractivity contribution in [2.24, 2.45) is 0 Å². The molecule has 0 heterocycles. The number of ether oxygens (including phenoxy) is 1. The number of hydrogen-bond acceptors (Lipinski definition) is 6. The highest BCUT2D eigenvalue weighted by Crippen LogP contribution is 2.08. The number of aliphatic hydroxyl groups excluding tert-OH is 1. The summed E-state index contributed by atoms with van der Waals surface area (Å²) in [6, 6.07) is 16.4. The monoisotopic (exact) mass is 462 g/mol. The molecule has 0 aliphatic heterocycles. The summed E-state index contributed by atoms with van der Waals surface area (Å²) in [6.45, 7) is -0.176. The number of carbonyl (C=O) groups is 3. The fourth-order valence-corrected chi connectivity index (χ4v) is 3.83. The molecular weight excluding hydrogens is 436 g/mol. The number of rotatable bonds is 12. The SMILES string of the molecule is O=C(C[C@H](O)CNC(=O)OCc1ccccc1)N[C@H](CC[S@@](=O)c1ccccc1)C(=O)O. The Morgan fingerprint density at radius 1 is 1.00 bits per heavy atom. The molecule has 4 N–H and O–H groups in total. The van der Waals surface area contributed by atoms with Crippen molar-refractivity contribution in [3.63, 3.8) is 0 Å². The van der Waals surface area contributed by atoms with Crippen LogP contribution in [-0.4, -0.2) is 56.8 Å². The van der Waals surface area contributed by atoms with Crippen LogP contribution >= 0.6 is 0 Å². The van der Waals surface area contributed by atoms with Crippen molar-refractivity contribution >= 4 is 28.8 Å². The third-order valence-corrected chi connectivity index (χ3v) is 5.75. The average molecular weight is 463 g/mol. The Balaban J connectivity index is 1.70. The molecule has 172 valence electrons. The van der Waals surface area contributed by atoms with Gasteiger partial charge in [0, 0.05) is 17.2 Å². The lowest BCUT2D eigenvalue weighted by Crippen LogP contribution is -2.44. The Hall–Kier alpha value is -3.24. The number of hydrogen-bond donors (Lipinski definition) is 4. The molecule has 0 bridgehead atoms. The third-order valence-electron chi connectivity index (χ3n) is 4.35. The number of alkyl carbamates (subject to hydrolysis) is 1. The Labute approximate surface area is 188 Å². The van der Waals surface area contributed by atoms with Gasteiger partial charge < -0.3 is 25.6 Å². The molecule has 0 aliphatic rings. The summed E-state index contributed by atoms with van der Waals surface area (Å²) in [5.41, 5.74) is 0.801. The third kappa shape index (κ3) is 9.27. The molecule has 0 spiro atoms. The molecule has 0 radical (unpaired) electrons. The van der Waals surface area contributed by atoms with E-state index >= 15 is 0 Å². The highest BCUT2D eigenvalue weighted by Gasteiger charge is 2.22. The minimum atomic E-state index is -1.40. The summed E-state index contributed by atoms with van der Waals surface area (Å²) in [4.78, 5) is 35.8. The lowest BCUT2D eigenvalue weighted by molar-refractivity contribution is -0.142. The van der Waals surface area contributed by atoms with Crippen LogP contribution < -0.4 is 10.6 Å². The van der Waals surface area contributed by atoms with E-state index in [1.165, 1.54) is 0 Å². The van der Waals surface area contributed by atoms with Gasteiger partial charge >= 0.3 is 12.1 Å².